The van der Waals surface area contributed by atoms with Crippen molar-refractivity contribution in [3.8, 4) is 6.07 Å². The van der Waals surface area contributed by atoms with E-state index in [-0.39, 0.29) is 32.4 Å². The number of aromatic nitrogens is 1. The summed E-state index contributed by atoms with van der Waals surface area (Å²) in [6, 6.07) is 9.91. The van der Waals surface area contributed by atoms with Crippen LogP contribution in [0.2, 0.25) is 0 Å². The van der Waals surface area contributed by atoms with E-state index in [0.717, 1.165) is 47.4 Å². The molecule has 0 radical (unpaired) electrons. The quantitative estimate of drug-likeness (QED) is 0.389. The molecule has 0 fully saturated rings. The predicted octanol–water partition coefficient (Wildman–Crippen LogP) is 3.47. The number of Topliss-reactive ketones (excluding diaryl/α,β-unsaturated/α-hetero) is 1. The summed E-state index contributed by atoms with van der Waals surface area (Å²) in [5, 5.41) is 9.71. The molecule has 0 amide bonds. The molecule has 4 nitrogen and oxygen atoms in total. The normalized spacial score (nSPS) is 12.5. The van der Waals surface area contributed by atoms with Gasteiger partial charge in [-0.25, -0.2) is 13.2 Å². The minimum atomic E-state index is -0.833. The highest BCUT2D eigenvalue weighted by Gasteiger charge is 2.18. The van der Waals surface area contributed by atoms with Crippen molar-refractivity contribution in [2.45, 2.75) is 13.0 Å². The van der Waals surface area contributed by atoms with Gasteiger partial charge in [-0.1, -0.05) is 6.07 Å². The Bertz CT molecular complexity index is 1350. The number of halogens is 3. The van der Waals surface area contributed by atoms with Gasteiger partial charge in [-0.2, -0.15) is 17.0 Å². The summed E-state index contributed by atoms with van der Waals surface area (Å²) in [6.45, 7) is 0.223. The molecule has 0 atom stereocenters. The molecular weight excluding hydrogens is 457 g/mol. The van der Waals surface area contributed by atoms with E-state index in [1.54, 1.807) is 11.8 Å². The van der Waals surface area contributed by atoms with Gasteiger partial charge in [0.25, 0.3) is 5.56 Å². The van der Waals surface area contributed by atoms with Gasteiger partial charge in [0.15, 0.2) is 0 Å². The van der Waals surface area contributed by atoms with Gasteiger partial charge in [0.2, 0.25) is 5.78 Å². The van der Waals surface area contributed by atoms with Crippen molar-refractivity contribution in [3.05, 3.63) is 90.6 Å². The molecule has 3 rings (SSSR count). The zero-order chi connectivity index (χ0) is 23.3. The van der Waals surface area contributed by atoms with Gasteiger partial charge >= 0.3 is 0 Å². The molecule has 1 heterocycles. The standard InChI is InChI=1S/C23H17F3N2O2S2/c1-31-11-3-10-28-22(30)20(12-16-18(25)4-2-5-19(16)26)32-23(28)17(13-27)21(29)14-6-8-15(24)9-7-14/h2,4-9,12H,3,10-11H2,1H3. The van der Waals surface area contributed by atoms with E-state index >= 15 is 0 Å². The van der Waals surface area contributed by atoms with Gasteiger partial charge in [-0.15, -0.1) is 11.3 Å². The Hall–Kier alpha value is -3.09. The molecule has 1 aromatic heterocycles. The summed E-state index contributed by atoms with van der Waals surface area (Å²) in [5.41, 5.74) is -1.13. The van der Waals surface area contributed by atoms with Crippen LogP contribution in [0.4, 0.5) is 13.2 Å². The topological polar surface area (TPSA) is 62.9 Å². The number of hydrogen-bond donors (Lipinski definition) is 0. The minimum Gasteiger partial charge on any atom is -0.298 e. The van der Waals surface area contributed by atoms with Crippen LogP contribution in [-0.2, 0) is 6.54 Å². The van der Waals surface area contributed by atoms with Crippen molar-refractivity contribution in [1.82, 2.24) is 4.57 Å². The Morgan fingerprint density at radius 2 is 1.81 bits per heavy atom. The lowest BCUT2D eigenvalue weighted by Gasteiger charge is -2.03. The Morgan fingerprint density at radius 3 is 2.41 bits per heavy atom. The van der Waals surface area contributed by atoms with E-state index in [1.165, 1.54) is 22.8 Å². The zero-order valence-corrected chi connectivity index (χ0v) is 18.5. The van der Waals surface area contributed by atoms with Gasteiger partial charge in [0, 0.05) is 17.7 Å². The second kappa shape index (κ2) is 10.5. The first-order chi connectivity index (χ1) is 15.4. The third-order valence-corrected chi connectivity index (χ3v) is 6.40. The lowest BCUT2D eigenvalue weighted by atomic mass is 10.1. The molecule has 0 saturated heterocycles. The number of nitriles is 1. The first-order valence-electron chi connectivity index (χ1n) is 9.46. The van der Waals surface area contributed by atoms with Crippen molar-refractivity contribution in [2.24, 2.45) is 0 Å². The van der Waals surface area contributed by atoms with Gasteiger partial charge in [0.05, 0.1) is 4.53 Å². The van der Waals surface area contributed by atoms with E-state index in [9.17, 15) is 28.0 Å². The number of thiazole rings is 1. The van der Waals surface area contributed by atoms with Crippen LogP contribution >= 0.6 is 23.1 Å². The van der Waals surface area contributed by atoms with Crippen LogP contribution in [0.1, 0.15) is 22.3 Å². The summed E-state index contributed by atoms with van der Waals surface area (Å²) in [7, 11) is 0. The Balaban J connectivity index is 2.28. The molecule has 0 aliphatic rings. The molecule has 3 aromatic rings. The highest BCUT2D eigenvalue weighted by atomic mass is 32.2. The van der Waals surface area contributed by atoms with E-state index < -0.39 is 28.8 Å². The molecule has 32 heavy (non-hydrogen) atoms. The van der Waals surface area contributed by atoms with E-state index in [1.807, 2.05) is 12.3 Å². The number of carbonyl (C=O) groups excluding carboxylic acids is 1. The van der Waals surface area contributed by atoms with Gasteiger partial charge in [0.1, 0.15) is 33.8 Å². The number of thioether (sulfide) groups is 1. The van der Waals surface area contributed by atoms with Crippen molar-refractivity contribution >= 4 is 40.5 Å². The van der Waals surface area contributed by atoms with Crippen molar-refractivity contribution in [3.63, 3.8) is 0 Å². The molecule has 0 saturated carbocycles. The molecule has 2 aromatic carbocycles. The Labute approximate surface area is 189 Å². The second-order valence-corrected chi connectivity index (χ2v) is 8.69. The molecule has 0 spiro atoms. The van der Waals surface area contributed by atoms with E-state index in [0.29, 0.717) is 6.42 Å². The molecular formula is C23H17F3N2O2S2. The average molecular weight is 475 g/mol. The maximum Gasteiger partial charge on any atom is 0.269 e. The number of ketones is 1. The zero-order valence-electron chi connectivity index (χ0n) is 16.9. The molecule has 0 N–H and O–H groups in total. The fourth-order valence-electron chi connectivity index (χ4n) is 3.00. The van der Waals surface area contributed by atoms with Crippen molar-refractivity contribution in [1.29, 1.82) is 5.26 Å². The molecule has 0 aliphatic heterocycles. The summed E-state index contributed by atoms with van der Waals surface area (Å²) < 4.78 is 42.8. The number of benzene rings is 2. The SMILES string of the molecule is CSCCCn1c(=C(C#N)C(=O)c2ccc(F)cc2)sc(=Cc2c(F)cccc2F)c1=O. The summed E-state index contributed by atoms with van der Waals surface area (Å²) in [5.74, 6) is -2.14. The van der Waals surface area contributed by atoms with Crippen LogP contribution in [0.5, 0.6) is 0 Å². The fraction of sp³-hybridized carbons (Fsp3) is 0.174. The largest absolute Gasteiger partial charge is 0.298 e. The van der Waals surface area contributed by atoms with E-state index in [4.69, 9.17) is 0 Å². The van der Waals surface area contributed by atoms with E-state index in [2.05, 4.69) is 0 Å². The van der Waals surface area contributed by atoms with Crippen LogP contribution in [-0.4, -0.2) is 22.4 Å². The fourth-order valence-corrected chi connectivity index (χ4v) is 4.52. The predicted molar refractivity (Wildman–Crippen MR) is 121 cm³/mol. The summed E-state index contributed by atoms with van der Waals surface area (Å²) in [4.78, 5) is 26.0. The van der Waals surface area contributed by atoms with Crippen molar-refractivity contribution in [2.75, 3.05) is 12.0 Å². The maximum absolute atomic E-state index is 14.1. The Kier molecular flexibility index (Phi) is 7.72. The monoisotopic (exact) mass is 474 g/mol. The second-order valence-electron chi connectivity index (χ2n) is 6.68. The van der Waals surface area contributed by atoms with Crippen LogP contribution in [0.3, 0.4) is 0 Å². The highest BCUT2D eigenvalue weighted by molar-refractivity contribution is 7.98. The number of rotatable bonds is 7. The number of nitrogens with zero attached hydrogens (tertiary/aromatic N) is 2. The first-order valence-corrected chi connectivity index (χ1v) is 11.7. The smallest absolute Gasteiger partial charge is 0.269 e. The summed E-state index contributed by atoms with van der Waals surface area (Å²) in [6.07, 6.45) is 3.58. The van der Waals surface area contributed by atoms with Gasteiger partial charge < -0.3 is 0 Å². The lowest BCUT2D eigenvalue weighted by molar-refractivity contribution is 0.105. The summed E-state index contributed by atoms with van der Waals surface area (Å²) >= 11 is 2.39. The van der Waals surface area contributed by atoms with Crippen LogP contribution in [0, 0.1) is 28.8 Å². The van der Waals surface area contributed by atoms with Gasteiger partial charge in [-0.05, 0) is 60.9 Å². The molecule has 0 unspecified atom stereocenters. The average Bonchev–Trinajstić information content (AvgIpc) is 3.07. The van der Waals surface area contributed by atoms with Gasteiger partial charge in [-0.3, -0.25) is 14.2 Å². The van der Waals surface area contributed by atoms with Crippen LogP contribution < -0.4 is 14.8 Å². The molecule has 0 bridgehead atoms. The molecule has 9 heteroatoms. The third-order valence-electron chi connectivity index (χ3n) is 4.57. The molecule has 164 valence electrons. The Morgan fingerprint density at radius 1 is 1.16 bits per heavy atom. The van der Waals surface area contributed by atoms with Crippen molar-refractivity contribution < 1.29 is 18.0 Å². The third kappa shape index (κ3) is 5.03. The first kappa shape index (κ1) is 23.6. The van der Waals surface area contributed by atoms with Crippen LogP contribution in [0.25, 0.3) is 11.6 Å². The lowest BCUT2D eigenvalue weighted by Crippen LogP contribution is -2.33. The highest BCUT2D eigenvalue weighted by Crippen LogP contribution is 2.13. The maximum atomic E-state index is 14.1. The number of carbonyl (C=O) groups is 1. The van der Waals surface area contributed by atoms with Crippen LogP contribution in [0.15, 0.2) is 47.3 Å². The molecule has 0 aliphatic carbocycles. The number of hydrogen-bond acceptors (Lipinski definition) is 5. The minimum absolute atomic E-state index is 0.00666.